The first-order valence-corrected chi connectivity index (χ1v) is 5.45. The Morgan fingerprint density at radius 2 is 2.07 bits per heavy atom. The summed E-state index contributed by atoms with van der Waals surface area (Å²) in [4.78, 5) is 22.1. The lowest BCUT2D eigenvalue weighted by atomic mass is 10.3. The number of para-hydroxylation sites is 1. The molecule has 1 fully saturated rings. The number of anilines is 1. The van der Waals surface area contributed by atoms with E-state index in [9.17, 15) is 9.59 Å². The summed E-state index contributed by atoms with van der Waals surface area (Å²) in [5.74, 6) is -0.343. The van der Waals surface area contributed by atoms with Gasteiger partial charge in [-0.25, -0.2) is 0 Å². The van der Waals surface area contributed by atoms with E-state index in [0.29, 0.717) is 10.7 Å². The molecule has 6 heteroatoms. The molecular formula is C9H7ClN2O2S. The largest absolute Gasteiger partial charge is 0.364 e. The molecule has 0 bridgehead atoms. The molecular weight excluding hydrogens is 236 g/mol. The molecule has 4 nitrogen and oxygen atoms in total. The molecule has 15 heavy (non-hydrogen) atoms. The van der Waals surface area contributed by atoms with Gasteiger partial charge >= 0.3 is 0 Å². The van der Waals surface area contributed by atoms with Crippen molar-refractivity contribution in [2.75, 3.05) is 5.32 Å². The van der Waals surface area contributed by atoms with Crippen LogP contribution in [0, 0.1) is 0 Å². The van der Waals surface area contributed by atoms with Gasteiger partial charge in [0, 0.05) is 0 Å². The SMILES string of the molecule is O=C1NC(=O)[C@H](Nc2ccccc2Cl)S1. The van der Waals surface area contributed by atoms with Crippen LogP contribution < -0.4 is 10.6 Å². The van der Waals surface area contributed by atoms with E-state index >= 15 is 0 Å². The van der Waals surface area contributed by atoms with E-state index in [4.69, 9.17) is 11.6 Å². The Balaban J connectivity index is 2.13. The van der Waals surface area contributed by atoms with Crippen molar-refractivity contribution in [3.05, 3.63) is 29.3 Å². The maximum absolute atomic E-state index is 11.2. The van der Waals surface area contributed by atoms with Gasteiger partial charge in [-0.1, -0.05) is 23.7 Å². The summed E-state index contributed by atoms with van der Waals surface area (Å²) in [6, 6.07) is 7.05. The minimum Gasteiger partial charge on any atom is -0.364 e. The van der Waals surface area contributed by atoms with E-state index < -0.39 is 5.37 Å². The van der Waals surface area contributed by atoms with E-state index in [1.165, 1.54) is 0 Å². The number of benzene rings is 1. The number of carbonyl (C=O) groups excluding carboxylic acids is 2. The molecule has 2 rings (SSSR count). The van der Waals surface area contributed by atoms with Crippen LogP contribution in [0.3, 0.4) is 0 Å². The van der Waals surface area contributed by atoms with Crippen molar-refractivity contribution in [2.45, 2.75) is 5.37 Å². The summed E-state index contributed by atoms with van der Waals surface area (Å²) in [6.07, 6.45) is 0. The Bertz CT molecular complexity index is 424. The summed E-state index contributed by atoms with van der Waals surface area (Å²) in [7, 11) is 0. The summed E-state index contributed by atoms with van der Waals surface area (Å²) >= 11 is 6.81. The molecule has 0 aromatic heterocycles. The first-order chi connectivity index (χ1) is 7.16. The zero-order valence-corrected chi connectivity index (χ0v) is 9.06. The molecule has 1 atom stereocenters. The standard InChI is InChI=1S/C9H7ClN2O2S/c10-5-3-1-2-4-6(5)11-8-7(13)12-9(14)15-8/h1-4,8,11H,(H,12,13,14)/t8-/m1/s1. The Kier molecular flexibility index (Phi) is 2.83. The highest BCUT2D eigenvalue weighted by Crippen LogP contribution is 2.26. The van der Waals surface area contributed by atoms with Crippen molar-refractivity contribution in [3.8, 4) is 0 Å². The fourth-order valence-electron chi connectivity index (χ4n) is 1.17. The van der Waals surface area contributed by atoms with E-state index in [-0.39, 0.29) is 11.1 Å². The second kappa shape index (κ2) is 4.12. The van der Waals surface area contributed by atoms with Crippen LogP contribution in [0.2, 0.25) is 5.02 Å². The van der Waals surface area contributed by atoms with Gasteiger partial charge in [0.25, 0.3) is 11.1 Å². The fourth-order valence-corrected chi connectivity index (χ4v) is 2.09. The third-order valence-electron chi connectivity index (χ3n) is 1.85. The maximum atomic E-state index is 11.2. The first kappa shape index (κ1) is 10.3. The molecule has 2 N–H and O–H groups in total. The Morgan fingerprint density at radius 1 is 1.33 bits per heavy atom. The number of nitrogens with one attached hydrogen (secondary N) is 2. The van der Waals surface area contributed by atoms with Crippen LogP contribution in [0.4, 0.5) is 10.5 Å². The number of amides is 2. The summed E-state index contributed by atoms with van der Waals surface area (Å²) in [5, 5.41) is 4.65. The Hall–Kier alpha value is -1.20. The third kappa shape index (κ3) is 2.24. The molecule has 1 aliphatic heterocycles. The maximum Gasteiger partial charge on any atom is 0.288 e. The highest BCUT2D eigenvalue weighted by molar-refractivity contribution is 8.15. The van der Waals surface area contributed by atoms with Crippen LogP contribution in [0.25, 0.3) is 0 Å². The lowest BCUT2D eigenvalue weighted by molar-refractivity contribution is -0.118. The average Bonchev–Trinajstić information content (AvgIpc) is 2.49. The number of halogens is 1. The molecule has 1 saturated heterocycles. The van der Waals surface area contributed by atoms with Crippen molar-refractivity contribution in [2.24, 2.45) is 0 Å². The van der Waals surface area contributed by atoms with Gasteiger partial charge in [-0.3, -0.25) is 14.9 Å². The molecule has 0 saturated carbocycles. The molecule has 78 valence electrons. The molecule has 1 heterocycles. The van der Waals surface area contributed by atoms with Crippen molar-refractivity contribution < 1.29 is 9.59 Å². The van der Waals surface area contributed by atoms with Gasteiger partial charge in [0.2, 0.25) is 0 Å². The van der Waals surface area contributed by atoms with Crippen LogP contribution >= 0.6 is 23.4 Å². The van der Waals surface area contributed by atoms with Gasteiger partial charge < -0.3 is 5.32 Å². The van der Waals surface area contributed by atoms with Crippen LogP contribution in [0.5, 0.6) is 0 Å². The van der Waals surface area contributed by atoms with Gasteiger partial charge in [-0.15, -0.1) is 0 Å². The predicted octanol–water partition coefficient (Wildman–Crippen LogP) is 2.06. The summed E-state index contributed by atoms with van der Waals surface area (Å²) in [5.41, 5.74) is 0.640. The number of thioether (sulfide) groups is 1. The molecule has 0 radical (unpaired) electrons. The number of hydrogen-bond donors (Lipinski definition) is 2. The number of hydrogen-bond acceptors (Lipinski definition) is 4. The third-order valence-corrected chi connectivity index (χ3v) is 3.06. The second-order valence-electron chi connectivity index (χ2n) is 2.90. The molecule has 2 amide bonds. The van der Waals surface area contributed by atoms with Gasteiger partial charge in [0.15, 0.2) is 5.37 Å². The minimum atomic E-state index is -0.600. The molecule has 1 aromatic rings. The lowest BCUT2D eigenvalue weighted by Gasteiger charge is -2.10. The normalized spacial score (nSPS) is 20.2. The average molecular weight is 243 g/mol. The van der Waals surface area contributed by atoms with E-state index in [1.54, 1.807) is 24.3 Å². The van der Waals surface area contributed by atoms with Crippen LogP contribution in [0.15, 0.2) is 24.3 Å². The Morgan fingerprint density at radius 3 is 2.67 bits per heavy atom. The molecule has 0 aliphatic carbocycles. The van der Waals surface area contributed by atoms with Crippen LogP contribution in [-0.4, -0.2) is 16.5 Å². The fraction of sp³-hybridized carbons (Fsp3) is 0.111. The lowest BCUT2D eigenvalue weighted by Crippen LogP contribution is -2.29. The monoisotopic (exact) mass is 242 g/mol. The summed E-state index contributed by atoms with van der Waals surface area (Å²) in [6.45, 7) is 0. The van der Waals surface area contributed by atoms with Crippen molar-refractivity contribution in [1.29, 1.82) is 0 Å². The smallest absolute Gasteiger partial charge is 0.288 e. The topological polar surface area (TPSA) is 58.2 Å². The Labute approximate surface area is 95.4 Å². The second-order valence-corrected chi connectivity index (χ2v) is 4.38. The van der Waals surface area contributed by atoms with Gasteiger partial charge in [0.1, 0.15) is 0 Å². The van der Waals surface area contributed by atoms with Crippen LogP contribution in [-0.2, 0) is 4.79 Å². The van der Waals surface area contributed by atoms with Crippen molar-refractivity contribution in [3.63, 3.8) is 0 Å². The minimum absolute atomic E-state index is 0.343. The molecule has 0 unspecified atom stereocenters. The molecule has 0 spiro atoms. The zero-order chi connectivity index (χ0) is 10.8. The van der Waals surface area contributed by atoms with Crippen molar-refractivity contribution in [1.82, 2.24) is 5.32 Å². The first-order valence-electron chi connectivity index (χ1n) is 4.19. The van der Waals surface area contributed by atoms with E-state index in [2.05, 4.69) is 10.6 Å². The highest BCUT2D eigenvalue weighted by atomic mass is 35.5. The van der Waals surface area contributed by atoms with Gasteiger partial charge in [0.05, 0.1) is 10.7 Å². The van der Waals surface area contributed by atoms with E-state index in [0.717, 1.165) is 11.8 Å². The summed E-state index contributed by atoms with van der Waals surface area (Å²) < 4.78 is 0. The van der Waals surface area contributed by atoms with Crippen LogP contribution in [0.1, 0.15) is 0 Å². The molecule has 1 aliphatic rings. The zero-order valence-electron chi connectivity index (χ0n) is 7.49. The number of carbonyl (C=O) groups is 2. The van der Waals surface area contributed by atoms with Gasteiger partial charge in [-0.05, 0) is 23.9 Å². The predicted molar refractivity (Wildman–Crippen MR) is 60.0 cm³/mol. The molecule has 1 aromatic carbocycles. The van der Waals surface area contributed by atoms with Crippen molar-refractivity contribution >= 4 is 40.2 Å². The highest BCUT2D eigenvalue weighted by Gasteiger charge is 2.31. The van der Waals surface area contributed by atoms with E-state index in [1.807, 2.05) is 0 Å². The number of rotatable bonds is 2. The number of imide groups is 1. The quantitative estimate of drug-likeness (QED) is 0.834. The van der Waals surface area contributed by atoms with Gasteiger partial charge in [-0.2, -0.15) is 0 Å².